The van der Waals surface area contributed by atoms with E-state index in [4.69, 9.17) is 5.73 Å². The maximum atomic E-state index is 13.0. The normalized spacial score (nSPS) is 10.7. The monoisotopic (exact) mass is 288 g/mol. The second-order valence-corrected chi connectivity index (χ2v) is 4.50. The summed E-state index contributed by atoms with van der Waals surface area (Å²) >= 11 is 0. The smallest absolute Gasteiger partial charge is 0.227 e. The summed E-state index contributed by atoms with van der Waals surface area (Å²) in [5, 5.41) is 2.83. The van der Waals surface area contributed by atoms with Gasteiger partial charge in [-0.05, 0) is 30.5 Å². The average Bonchev–Trinajstić information content (AvgIpc) is 2.39. The van der Waals surface area contributed by atoms with Crippen LogP contribution in [-0.4, -0.2) is 12.5 Å². The molecular weight excluding hydrogens is 267 g/mol. The Morgan fingerprint density at radius 2 is 2.00 bits per heavy atom. The van der Waals surface area contributed by atoms with E-state index in [-0.39, 0.29) is 24.1 Å². The van der Waals surface area contributed by atoms with Crippen molar-refractivity contribution in [2.24, 2.45) is 11.1 Å². The predicted molar refractivity (Wildman–Crippen MR) is 77.6 cm³/mol. The van der Waals surface area contributed by atoms with Crippen LogP contribution in [0, 0.1) is 11.2 Å². The third-order valence-electron chi connectivity index (χ3n) is 3.57. The average molecular weight is 289 g/mol. The molecule has 0 radical (unpaired) electrons. The molecule has 1 aromatic rings. The van der Waals surface area contributed by atoms with Crippen LogP contribution in [0.2, 0.25) is 0 Å². The molecule has 0 saturated carbocycles. The number of hydrogen-bond acceptors (Lipinski definition) is 2. The fraction of sp³-hybridized carbons (Fsp3) is 0.500. The number of amides is 1. The van der Waals surface area contributed by atoms with Crippen LogP contribution in [0.4, 0.5) is 4.39 Å². The molecule has 0 aromatic heterocycles. The number of carbonyl (C=O) groups excluding carboxylic acids is 1. The molecule has 0 fully saturated rings. The van der Waals surface area contributed by atoms with Gasteiger partial charge >= 0.3 is 0 Å². The summed E-state index contributed by atoms with van der Waals surface area (Å²) in [6.45, 7) is 4.57. The fourth-order valence-corrected chi connectivity index (χ4v) is 1.97. The van der Waals surface area contributed by atoms with Crippen LogP contribution in [0.15, 0.2) is 24.3 Å². The molecule has 3 nitrogen and oxygen atoms in total. The van der Waals surface area contributed by atoms with Crippen molar-refractivity contribution in [3.63, 3.8) is 0 Å². The summed E-state index contributed by atoms with van der Waals surface area (Å²) in [7, 11) is 0. The first-order chi connectivity index (χ1) is 8.57. The van der Waals surface area contributed by atoms with Gasteiger partial charge in [-0.15, -0.1) is 12.4 Å². The van der Waals surface area contributed by atoms with Crippen LogP contribution in [0.1, 0.15) is 32.3 Å². The number of carbonyl (C=O) groups is 1. The molecular formula is C14H22ClFN2O. The van der Waals surface area contributed by atoms with Crippen molar-refractivity contribution in [3.05, 3.63) is 35.6 Å². The van der Waals surface area contributed by atoms with E-state index in [1.54, 1.807) is 12.1 Å². The van der Waals surface area contributed by atoms with Crippen LogP contribution < -0.4 is 11.1 Å². The van der Waals surface area contributed by atoms with Crippen LogP contribution >= 0.6 is 12.4 Å². The van der Waals surface area contributed by atoms with E-state index in [0.717, 1.165) is 5.56 Å². The first-order valence-electron chi connectivity index (χ1n) is 6.30. The van der Waals surface area contributed by atoms with Crippen molar-refractivity contribution in [1.29, 1.82) is 0 Å². The van der Waals surface area contributed by atoms with Crippen LogP contribution in [0.3, 0.4) is 0 Å². The zero-order valence-electron chi connectivity index (χ0n) is 11.4. The van der Waals surface area contributed by atoms with Crippen LogP contribution in [0.5, 0.6) is 0 Å². The van der Waals surface area contributed by atoms with E-state index in [9.17, 15) is 9.18 Å². The molecule has 1 amide bonds. The maximum absolute atomic E-state index is 13.0. The maximum Gasteiger partial charge on any atom is 0.227 e. The first-order valence-corrected chi connectivity index (χ1v) is 6.30. The molecule has 0 spiro atoms. The van der Waals surface area contributed by atoms with Crippen molar-refractivity contribution in [2.45, 2.75) is 33.2 Å². The van der Waals surface area contributed by atoms with Crippen LogP contribution in [0.25, 0.3) is 0 Å². The summed E-state index contributed by atoms with van der Waals surface area (Å²) in [5.74, 6) is -0.350. The van der Waals surface area contributed by atoms with Gasteiger partial charge in [-0.2, -0.15) is 0 Å². The van der Waals surface area contributed by atoms with Crippen molar-refractivity contribution in [3.8, 4) is 0 Å². The van der Waals surface area contributed by atoms with Gasteiger partial charge in [0.1, 0.15) is 5.82 Å². The van der Waals surface area contributed by atoms with Gasteiger partial charge in [-0.3, -0.25) is 4.79 Å². The highest BCUT2D eigenvalue weighted by atomic mass is 35.5. The Hall–Kier alpha value is -1.13. The third-order valence-corrected chi connectivity index (χ3v) is 3.57. The third kappa shape index (κ3) is 4.48. The lowest BCUT2D eigenvalue weighted by Crippen LogP contribution is -2.45. The molecule has 108 valence electrons. The quantitative estimate of drug-likeness (QED) is 0.845. The van der Waals surface area contributed by atoms with Crippen molar-refractivity contribution in [1.82, 2.24) is 5.32 Å². The molecule has 0 saturated heterocycles. The Balaban J connectivity index is 0.00000324. The Kier molecular flexibility index (Phi) is 7.64. The minimum absolute atomic E-state index is 0. The number of benzene rings is 1. The van der Waals surface area contributed by atoms with Gasteiger partial charge in [0.15, 0.2) is 0 Å². The SMILES string of the molecule is CCC(CC)(CN)C(=O)NCc1cccc(F)c1.Cl. The van der Waals surface area contributed by atoms with Gasteiger partial charge in [0, 0.05) is 13.1 Å². The van der Waals surface area contributed by atoms with Gasteiger partial charge in [-0.25, -0.2) is 4.39 Å². The molecule has 3 N–H and O–H groups in total. The topological polar surface area (TPSA) is 55.1 Å². The van der Waals surface area contributed by atoms with Crippen molar-refractivity contribution in [2.75, 3.05) is 6.54 Å². The predicted octanol–water partition coefficient (Wildman–Crippen LogP) is 2.63. The van der Waals surface area contributed by atoms with E-state index in [1.165, 1.54) is 12.1 Å². The summed E-state index contributed by atoms with van der Waals surface area (Å²) in [4.78, 5) is 12.1. The number of halogens is 2. The number of hydrogen-bond donors (Lipinski definition) is 2. The second-order valence-electron chi connectivity index (χ2n) is 4.50. The molecule has 0 bridgehead atoms. The Labute approximate surface area is 120 Å². The van der Waals surface area contributed by atoms with Gasteiger partial charge in [-0.1, -0.05) is 26.0 Å². The van der Waals surface area contributed by atoms with Crippen molar-refractivity contribution >= 4 is 18.3 Å². The largest absolute Gasteiger partial charge is 0.352 e. The molecule has 0 unspecified atom stereocenters. The number of rotatable bonds is 6. The minimum Gasteiger partial charge on any atom is -0.352 e. The summed E-state index contributed by atoms with van der Waals surface area (Å²) in [6.07, 6.45) is 1.41. The van der Waals surface area contributed by atoms with E-state index >= 15 is 0 Å². The molecule has 5 heteroatoms. The molecule has 0 aliphatic heterocycles. The van der Waals surface area contributed by atoms with E-state index in [2.05, 4.69) is 5.32 Å². The van der Waals surface area contributed by atoms with Gasteiger partial charge < -0.3 is 11.1 Å². The minimum atomic E-state index is -0.507. The lowest BCUT2D eigenvalue weighted by Gasteiger charge is -2.28. The number of nitrogens with two attached hydrogens (primary N) is 1. The van der Waals surface area contributed by atoms with E-state index in [1.807, 2.05) is 13.8 Å². The molecule has 1 rings (SSSR count). The first kappa shape index (κ1) is 17.9. The van der Waals surface area contributed by atoms with Gasteiger partial charge in [0.05, 0.1) is 5.41 Å². The highest BCUT2D eigenvalue weighted by Gasteiger charge is 2.32. The molecule has 0 aliphatic rings. The molecule has 0 aliphatic carbocycles. The highest BCUT2D eigenvalue weighted by molar-refractivity contribution is 5.85. The lowest BCUT2D eigenvalue weighted by molar-refractivity contribution is -0.131. The number of nitrogens with one attached hydrogen (secondary N) is 1. The summed E-state index contributed by atoms with van der Waals surface area (Å²) in [5.41, 5.74) is 5.95. The zero-order valence-corrected chi connectivity index (χ0v) is 12.2. The molecule has 19 heavy (non-hydrogen) atoms. The standard InChI is InChI=1S/C14H21FN2O.ClH/c1-3-14(4-2,10-16)13(18)17-9-11-6-5-7-12(15)8-11;/h5-8H,3-4,9-10,16H2,1-2H3,(H,17,18);1H. The second kappa shape index (κ2) is 8.12. The zero-order chi connectivity index (χ0) is 13.6. The Bertz CT molecular complexity index is 400. The van der Waals surface area contributed by atoms with Gasteiger partial charge in [0.25, 0.3) is 0 Å². The molecule has 0 heterocycles. The Morgan fingerprint density at radius 1 is 1.37 bits per heavy atom. The van der Waals surface area contributed by atoms with Gasteiger partial charge in [0.2, 0.25) is 5.91 Å². The fourth-order valence-electron chi connectivity index (χ4n) is 1.97. The van der Waals surface area contributed by atoms with E-state index in [0.29, 0.717) is 25.9 Å². The Morgan fingerprint density at radius 3 is 2.47 bits per heavy atom. The lowest BCUT2D eigenvalue weighted by atomic mass is 9.81. The van der Waals surface area contributed by atoms with E-state index < -0.39 is 5.41 Å². The summed E-state index contributed by atoms with van der Waals surface area (Å²) in [6, 6.07) is 6.22. The molecule has 1 aromatic carbocycles. The highest BCUT2D eigenvalue weighted by Crippen LogP contribution is 2.25. The molecule has 0 atom stereocenters. The van der Waals surface area contributed by atoms with Crippen LogP contribution in [-0.2, 0) is 11.3 Å². The van der Waals surface area contributed by atoms with Crippen molar-refractivity contribution < 1.29 is 9.18 Å². The summed E-state index contributed by atoms with van der Waals surface area (Å²) < 4.78 is 13.0.